The molecule has 2 aromatic rings. The summed E-state index contributed by atoms with van der Waals surface area (Å²) in [5.74, 6) is -0.0793. The predicted octanol–water partition coefficient (Wildman–Crippen LogP) is 2.84. The number of hydrogen-bond acceptors (Lipinski definition) is 3. The number of nitrogens with zero attached hydrogens (tertiary/aromatic N) is 1. The van der Waals surface area contributed by atoms with Crippen LogP contribution in [0.15, 0.2) is 42.5 Å². The molecule has 1 aliphatic heterocycles. The zero-order valence-electron chi connectivity index (χ0n) is 11.7. The van der Waals surface area contributed by atoms with Crippen LogP contribution in [0.2, 0.25) is 0 Å². The fraction of sp³-hybridized carbons (Fsp3) is 0.176. The molecule has 104 valence electrons. The topological polar surface area (TPSA) is 64.9 Å². The Bertz CT molecular complexity index is 721. The van der Waals surface area contributed by atoms with E-state index in [1.807, 2.05) is 37.3 Å². The van der Waals surface area contributed by atoms with Crippen molar-refractivity contribution in [3.05, 3.63) is 59.2 Å². The molecule has 3 rings (SSSR count). The van der Waals surface area contributed by atoms with Crippen LogP contribution in [0.4, 0.5) is 11.4 Å². The average Bonchev–Trinajstić information content (AvgIpc) is 2.93. The Balaban J connectivity index is 1.75. The molecule has 21 heavy (non-hydrogen) atoms. The summed E-state index contributed by atoms with van der Waals surface area (Å²) in [7, 11) is 0. The first-order valence-corrected chi connectivity index (χ1v) is 6.83. The minimum atomic E-state index is -0.271. The smallest absolute Gasteiger partial charge is 0.247 e. The first-order chi connectivity index (χ1) is 10.2. The summed E-state index contributed by atoms with van der Waals surface area (Å²) in [6.45, 7) is 1.91. The lowest BCUT2D eigenvalue weighted by molar-refractivity contribution is -0.116. The van der Waals surface area contributed by atoms with Crippen LogP contribution in [0.5, 0.6) is 0 Å². The number of para-hydroxylation sites is 1. The Morgan fingerprint density at radius 2 is 2.14 bits per heavy atom. The third-order valence-corrected chi connectivity index (χ3v) is 3.71. The van der Waals surface area contributed by atoms with Crippen molar-refractivity contribution in [1.29, 1.82) is 5.26 Å². The van der Waals surface area contributed by atoms with Crippen molar-refractivity contribution in [2.75, 3.05) is 10.6 Å². The number of rotatable bonds is 2. The molecule has 0 aliphatic carbocycles. The maximum Gasteiger partial charge on any atom is 0.247 e. The summed E-state index contributed by atoms with van der Waals surface area (Å²) < 4.78 is 0. The number of benzene rings is 2. The maximum atomic E-state index is 12.4. The van der Waals surface area contributed by atoms with Crippen molar-refractivity contribution in [2.45, 2.75) is 19.4 Å². The molecule has 0 saturated heterocycles. The molecule has 1 atom stereocenters. The minimum Gasteiger partial charge on any atom is -0.373 e. The van der Waals surface area contributed by atoms with Gasteiger partial charge in [0.1, 0.15) is 6.04 Å². The Hall–Kier alpha value is -2.80. The van der Waals surface area contributed by atoms with E-state index in [2.05, 4.69) is 16.7 Å². The highest BCUT2D eigenvalue weighted by Crippen LogP contribution is 2.26. The van der Waals surface area contributed by atoms with Gasteiger partial charge < -0.3 is 10.6 Å². The second kappa shape index (κ2) is 5.29. The van der Waals surface area contributed by atoms with Gasteiger partial charge in [-0.2, -0.15) is 5.26 Å². The number of carbonyl (C=O) groups is 1. The molecule has 0 spiro atoms. The fourth-order valence-electron chi connectivity index (χ4n) is 2.50. The van der Waals surface area contributed by atoms with Gasteiger partial charge in [0, 0.05) is 17.8 Å². The number of fused-ring (bicyclic) bond motifs is 1. The lowest BCUT2D eigenvalue weighted by atomic mass is 10.1. The van der Waals surface area contributed by atoms with E-state index in [4.69, 9.17) is 5.26 Å². The molecule has 2 aromatic carbocycles. The third kappa shape index (κ3) is 2.59. The van der Waals surface area contributed by atoms with Gasteiger partial charge in [0.05, 0.1) is 11.6 Å². The van der Waals surface area contributed by atoms with Crippen molar-refractivity contribution in [3.8, 4) is 6.07 Å². The van der Waals surface area contributed by atoms with E-state index in [0.717, 1.165) is 16.8 Å². The molecule has 4 nitrogen and oxygen atoms in total. The molecular formula is C17H15N3O. The number of nitriles is 1. The Morgan fingerprint density at radius 3 is 2.90 bits per heavy atom. The van der Waals surface area contributed by atoms with Crippen molar-refractivity contribution in [3.63, 3.8) is 0 Å². The van der Waals surface area contributed by atoms with Crippen LogP contribution in [-0.2, 0) is 11.2 Å². The van der Waals surface area contributed by atoms with Gasteiger partial charge >= 0.3 is 0 Å². The predicted molar refractivity (Wildman–Crippen MR) is 82.1 cm³/mol. The summed E-state index contributed by atoms with van der Waals surface area (Å²) in [4.78, 5) is 12.4. The van der Waals surface area contributed by atoms with E-state index in [9.17, 15) is 4.79 Å². The molecule has 1 aliphatic rings. The number of hydrogen-bond donors (Lipinski definition) is 2. The molecule has 0 aromatic heterocycles. The largest absolute Gasteiger partial charge is 0.373 e. The average molecular weight is 277 g/mol. The van der Waals surface area contributed by atoms with Gasteiger partial charge in [-0.05, 0) is 36.2 Å². The number of nitrogens with one attached hydrogen (secondary N) is 2. The Morgan fingerprint density at radius 1 is 1.33 bits per heavy atom. The second-order valence-electron chi connectivity index (χ2n) is 5.19. The summed E-state index contributed by atoms with van der Waals surface area (Å²) in [5, 5.41) is 15.1. The van der Waals surface area contributed by atoms with Gasteiger partial charge in [0.15, 0.2) is 0 Å². The molecule has 1 amide bonds. The number of anilines is 2. The molecule has 2 N–H and O–H groups in total. The van der Waals surface area contributed by atoms with Gasteiger partial charge in [-0.25, -0.2) is 0 Å². The lowest BCUT2D eigenvalue weighted by Gasteiger charge is -2.13. The standard InChI is InChI=1S/C17H15N3O/c1-11-6-7-12(10-18)8-15(11)20-17(21)16-9-13-4-2-3-5-14(13)19-16/h2-8,16,19H,9H2,1H3,(H,20,21). The van der Waals surface area contributed by atoms with Gasteiger partial charge in [0.2, 0.25) is 5.91 Å². The summed E-state index contributed by atoms with van der Waals surface area (Å²) >= 11 is 0. The van der Waals surface area contributed by atoms with Crippen LogP contribution in [0.25, 0.3) is 0 Å². The van der Waals surface area contributed by atoms with Crippen LogP contribution >= 0.6 is 0 Å². The number of amides is 1. The van der Waals surface area contributed by atoms with Crippen LogP contribution in [-0.4, -0.2) is 11.9 Å². The normalized spacial score (nSPS) is 15.7. The zero-order chi connectivity index (χ0) is 14.8. The van der Waals surface area contributed by atoms with E-state index >= 15 is 0 Å². The van der Waals surface area contributed by atoms with E-state index in [1.54, 1.807) is 12.1 Å². The Kier molecular flexibility index (Phi) is 3.33. The quantitative estimate of drug-likeness (QED) is 0.887. The first-order valence-electron chi connectivity index (χ1n) is 6.83. The fourth-order valence-corrected chi connectivity index (χ4v) is 2.50. The highest BCUT2D eigenvalue weighted by Gasteiger charge is 2.26. The van der Waals surface area contributed by atoms with Crippen LogP contribution < -0.4 is 10.6 Å². The van der Waals surface area contributed by atoms with Crippen molar-refractivity contribution in [1.82, 2.24) is 0 Å². The number of aryl methyl sites for hydroxylation is 1. The lowest BCUT2D eigenvalue weighted by Crippen LogP contribution is -2.33. The summed E-state index contributed by atoms with van der Waals surface area (Å²) in [6, 6.07) is 15.0. The molecule has 0 bridgehead atoms. The van der Waals surface area contributed by atoms with Crippen molar-refractivity contribution in [2.24, 2.45) is 0 Å². The Labute approximate surface area is 123 Å². The van der Waals surface area contributed by atoms with Gasteiger partial charge in [-0.3, -0.25) is 4.79 Å². The van der Waals surface area contributed by atoms with Crippen LogP contribution in [0.1, 0.15) is 16.7 Å². The van der Waals surface area contributed by atoms with E-state index < -0.39 is 0 Å². The zero-order valence-corrected chi connectivity index (χ0v) is 11.7. The van der Waals surface area contributed by atoms with Crippen molar-refractivity contribution >= 4 is 17.3 Å². The number of carbonyl (C=O) groups excluding carboxylic acids is 1. The van der Waals surface area contributed by atoms with E-state index in [1.165, 1.54) is 0 Å². The molecule has 1 unspecified atom stereocenters. The van der Waals surface area contributed by atoms with E-state index in [-0.39, 0.29) is 11.9 Å². The highest BCUT2D eigenvalue weighted by molar-refractivity contribution is 5.98. The van der Waals surface area contributed by atoms with Gasteiger partial charge in [-0.15, -0.1) is 0 Å². The molecule has 0 saturated carbocycles. The summed E-state index contributed by atoms with van der Waals surface area (Å²) in [5.41, 5.74) is 4.34. The maximum absolute atomic E-state index is 12.4. The van der Waals surface area contributed by atoms with Gasteiger partial charge in [0.25, 0.3) is 0 Å². The molecule has 1 heterocycles. The molecular weight excluding hydrogens is 262 g/mol. The van der Waals surface area contributed by atoms with Crippen molar-refractivity contribution < 1.29 is 4.79 Å². The van der Waals surface area contributed by atoms with E-state index in [0.29, 0.717) is 17.7 Å². The minimum absolute atomic E-state index is 0.0793. The second-order valence-corrected chi connectivity index (χ2v) is 5.19. The SMILES string of the molecule is Cc1ccc(C#N)cc1NC(=O)C1Cc2ccccc2N1. The van der Waals surface area contributed by atoms with Gasteiger partial charge in [-0.1, -0.05) is 24.3 Å². The van der Waals surface area contributed by atoms with Crippen LogP contribution in [0, 0.1) is 18.3 Å². The first kappa shape index (κ1) is 13.2. The molecule has 4 heteroatoms. The van der Waals surface area contributed by atoms with Crippen LogP contribution in [0.3, 0.4) is 0 Å². The molecule has 0 radical (unpaired) electrons. The third-order valence-electron chi connectivity index (χ3n) is 3.71. The molecule has 0 fully saturated rings. The summed E-state index contributed by atoms with van der Waals surface area (Å²) in [6.07, 6.45) is 0.680. The monoisotopic (exact) mass is 277 g/mol. The highest BCUT2D eigenvalue weighted by atomic mass is 16.2.